The lowest BCUT2D eigenvalue weighted by Gasteiger charge is -2.19. The van der Waals surface area contributed by atoms with Gasteiger partial charge in [0.25, 0.3) is 11.0 Å². The minimum atomic E-state index is -0.0477. The maximum atomic E-state index is 4.69. The summed E-state index contributed by atoms with van der Waals surface area (Å²) >= 11 is 0. The van der Waals surface area contributed by atoms with Gasteiger partial charge in [0.15, 0.2) is 23.5 Å². The lowest BCUT2D eigenvalue weighted by atomic mass is 10.0. The van der Waals surface area contributed by atoms with Crippen molar-refractivity contribution >= 4 is 32.8 Å². The Morgan fingerprint density at radius 1 is 0.654 bits per heavy atom. The predicted octanol–water partition coefficient (Wildman–Crippen LogP) is 4.02. The van der Waals surface area contributed by atoms with Crippen LogP contribution < -0.4 is 9.13 Å². The van der Waals surface area contributed by atoms with E-state index in [1.165, 1.54) is 11.0 Å². The average Bonchev–Trinajstić information content (AvgIpc) is 2.59. The van der Waals surface area contributed by atoms with E-state index in [2.05, 4.69) is 97.3 Å². The minimum Gasteiger partial charge on any atom is -0.252 e. The van der Waals surface area contributed by atoms with Gasteiger partial charge in [0.05, 0.1) is 10.8 Å². The summed E-state index contributed by atoms with van der Waals surface area (Å²) in [5.41, 5.74) is 4.24. The van der Waals surface area contributed by atoms with E-state index in [0.717, 1.165) is 21.8 Å². The SMILES string of the molecule is CC(C)(C)[n+]1cccc2c3nccnc3c3ccc[n+](C(C)(C)C)c3c21. The van der Waals surface area contributed by atoms with Crippen molar-refractivity contribution in [3.63, 3.8) is 0 Å². The fraction of sp³-hybridized carbons (Fsp3) is 0.364. The molecule has 0 aliphatic heterocycles. The summed E-state index contributed by atoms with van der Waals surface area (Å²) < 4.78 is 4.72. The van der Waals surface area contributed by atoms with Crippen LogP contribution in [0.4, 0.5) is 0 Å². The Balaban J connectivity index is 2.42. The molecule has 0 aliphatic rings. The molecule has 26 heavy (non-hydrogen) atoms. The molecule has 3 aromatic heterocycles. The number of nitrogens with zero attached hydrogens (tertiary/aromatic N) is 4. The Labute approximate surface area is 154 Å². The third-order valence-electron chi connectivity index (χ3n) is 4.87. The van der Waals surface area contributed by atoms with Crippen molar-refractivity contribution < 1.29 is 9.13 Å². The molecule has 132 valence electrons. The van der Waals surface area contributed by atoms with Crippen molar-refractivity contribution in [2.75, 3.05) is 0 Å². The fourth-order valence-corrected chi connectivity index (χ4v) is 3.73. The smallest absolute Gasteiger partial charge is 0.252 e. The van der Waals surface area contributed by atoms with E-state index in [0.29, 0.717) is 0 Å². The predicted molar refractivity (Wildman–Crippen MR) is 105 cm³/mol. The summed E-state index contributed by atoms with van der Waals surface area (Å²) in [6.07, 6.45) is 7.90. The molecule has 1 aromatic carbocycles. The van der Waals surface area contributed by atoms with Crippen LogP contribution in [-0.4, -0.2) is 9.97 Å². The zero-order chi connectivity index (χ0) is 18.7. The van der Waals surface area contributed by atoms with Gasteiger partial charge in [-0.1, -0.05) is 0 Å². The lowest BCUT2D eigenvalue weighted by molar-refractivity contribution is -0.747. The molecule has 4 rings (SSSR count). The van der Waals surface area contributed by atoms with E-state index < -0.39 is 0 Å². The van der Waals surface area contributed by atoms with Gasteiger partial charge < -0.3 is 0 Å². The maximum Gasteiger partial charge on any atom is 0.288 e. The Morgan fingerprint density at radius 2 is 1.04 bits per heavy atom. The van der Waals surface area contributed by atoms with E-state index >= 15 is 0 Å². The summed E-state index contributed by atoms with van der Waals surface area (Å²) in [4.78, 5) is 9.38. The van der Waals surface area contributed by atoms with Crippen molar-refractivity contribution in [3.05, 3.63) is 49.1 Å². The third kappa shape index (κ3) is 2.44. The fourth-order valence-electron chi connectivity index (χ4n) is 3.73. The van der Waals surface area contributed by atoms with E-state index in [1.54, 1.807) is 12.4 Å². The first-order valence-electron chi connectivity index (χ1n) is 9.12. The van der Waals surface area contributed by atoms with E-state index in [9.17, 15) is 0 Å². The second-order valence-electron chi connectivity index (χ2n) is 8.88. The summed E-state index contributed by atoms with van der Waals surface area (Å²) in [7, 11) is 0. The van der Waals surface area contributed by atoms with Crippen molar-refractivity contribution in [1.29, 1.82) is 0 Å². The first-order chi connectivity index (χ1) is 12.2. The van der Waals surface area contributed by atoms with Gasteiger partial charge in [0, 0.05) is 66.1 Å². The van der Waals surface area contributed by atoms with Crippen molar-refractivity contribution in [3.8, 4) is 0 Å². The first kappa shape index (κ1) is 16.8. The Kier molecular flexibility index (Phi) is 3.52. The molecule has 4 nitrogen and oxygen atoms in total. The summed E-state index contributed by atoms with van der Waals surface area (Å²) in [6, 6.07) is 8.54. The molecule has 4 aromatic rings. The largest absolute Gasteiger partial charge is 0.288 e. The first-order valence-corrected chi connectivity index (χ1v) is 9.12. The summed E-state index contributed by atoms with van der Waals surface area (Å²) in [5, 5.41) is 2.28. The molecule has 0 N–H and O–H groups in total. The summed E-state index contributed by atoms with van der Waals surface area (Å²) in [5.74, 6) is 0. The number of hydrogen-bond donors (Lipinski definition) is 0. The Bertz CT molecular complexity index is 1060. The molecule has 0 bridgehead atoms. The second kappa shape index (κ2) is 5.44. The van der Waals surface area contributed by atoms with Crippen LogP contribution in [0.1, 0.15) is 41.5 Å². The third-order valence-corrected chi connectivity index (χ3v) is 4.87. The number of hydrogen-bond acceptors (Lipinski definition) is 2. The van der Waals surface area contributed by atoms with Gasteiger partial charge in [-0.05, 0) is 12.1 Å². The number of fused-ring (bicyclic) bond motifs is 6. The molecule has 0 spiro atoms. The number of rotatable bonds is 0. The number of pyridine rings is 2. The van der Waals surface area contributed by atoms with Crippen LogP contribution in [0.25, 0.3) is 32.8 Å². The summed E-state index contributed by atoms with van der Waals surface area (Å²) in [6.45, 7) is 13.4. The van der Waals surface area contributed by atoms with Gasteiger partial charge in [0.1, 0.15) is 11.0 Å². The molecule has 0 saturated carbocycles. The van der Waals surface area contributed by atoms with Crippen LogP contribution in [-0.2, 0) is 11.1 Å². The molecular weight excluding hydrogens is 320 g/mol. The van der Waals surface area contributed by atoms with Gasteiger partial charge in [-0.15, -0.1) is 0 Å². The monoisotopic (exact) mass is 346 g/mol. The quantitative estimate of drug-likeness (QED) is 0.356. The second-order valence-corrected chi connectivity index (χ2v) is 8.88. The molecule has 0 unspecified atom stereocenters. The standard InChI is InChI=1S/C22H26N4/c1-21(2,3)25-13-7-9-15-17-18(24-12-11-23-17)16-10-8-14-26(22(4,5)6)20(16)19(15)25/h7-14H,1-6H3/q+2. The van der Waals surface area contributed by atoms with Gasteiger partial charge in [-0.3, -0.25) is 9.97 Å². The molecular formula is C22H26N4+2. The van der Waals surface area contributed by atoms with Gasteiger partial charge in [-0.2, -0.15) is 9.13 Å². The van der Waals surface area contributed by atoms with Gasteiger partial charge in [0.2, 0.25) is 0 Å². The molecule has 0 amide bonds. The van der Waals surface area contributed by atoms with E-state index in [-0.39, 0.29) is 11.1 Å². The Morgan fingerprint density at radius 3 is 1.38 bits per heavy atom. The van der Waals surface area contributed by atoms with Crippen LogP contribution in [0.3, 0.4) is 0 Å². The lowest BCUT2D eigenvalue weighted by Crippen LogP contribution is -2.54. The van der Waals surface area contributed by atoms with Crippen LogP contribution in [0, 0.1) is 0 Å². The molecule has 0 saturated heterocycles. The normalized spacial score (nSPS) is 13.0. The highest BCUT2D eigenvalue weighted by atomic mass is 15.1. The highest BCUT2D eigenvalue weighted by Crippen LogP contribution is 2.30. The number of aromatic nitrogens is 4. The van der Waals surface area contributed by atoms with Crippen LogP contribution in [0.2, 0.25) is 0 Å². The van der Waals surface area contributed by atoms with Crippen molar-refractivity contribution in [2.24, 2.45) is 0 Å². The minimum absolute atomic E-state index is 0.0477. The highest BCUT2D eigenvalue weighted by molar-refractivity contribution is 6.18. The average molecular weight is 346 g/mol. The van der Waals surface area contributed by atoms with E-state index in [1.807, 2.05) is 0 Å². The molecule has 0 atom stereocenters. The van der Waals surface area contributed by atoms with Crippen molar-refractivity contribution in [2.45, 2.75) is 52.6 Å². The van der Waals surface area contributed by atoms with Gasteiger partial charge >= 0.3 is 0 Å². The molecule has 0 aliphatic carbocycles. The molecule has 0 fully saturated rings. The van der Waals surface area contributed by atoms with E-state index in [4.69, 9.17) is 0 Å². The zero-order valence-electron chi connectivity index (χ0n) is 16.4. The molecule has 4 heteroatoms. The number of benzene rings is 1. The van der Waals surface area contributed by atoms with Crippen molar-refractivity contribution in [1.82, 2.24) is 9.97 Å². The van der Waals surface area contributed by atoms with Crippen LogP contribution in [0.5, 0.6) is 0 Å². The molecule has 3 heterocycles. The Hall–Kier alpha value is -2.62. The highest BCUT2D eigenvalue weighted by Gasteiger charge is 2.34. The maximum absolute atomic E-state index is 4.69. The molecule has 0 radical (unpaired) electrons. The van der Waals surface area contributed by atoms with Crippen LogP contribution in [0.15, 0.2) is 49.1 Å². The van der Waals surface area contributed by atoms with Gasteiger partial charge in [-0.25, -0.2) is 0 Å². The van der Waals surface area contributed by atoms with Crippen LogP contribution >= 0.6 is 0 Å². The zero-order valence-corrected chi connectivity index (χ0v) is 16.4. The topological polar surface area (TPSA) is 33.5 Å².